The van der Waals surface area contributed by atoms with E-state index < -0.39 is 26.5 Å². The number of hydrogen-bond donors (Lipinski definition) is 1. The summed E-state index contributed by atoms with van der Waals surface area (Å²) in [6, 6.07) is 8.18. The fraction of sp³-hybridized carbons (Fsp3) is 0.125. The number of carbonyl (C=O) groups excluding carboxylic acids is 1. The number of nitrogens with one attached hydrogen (secondary N) is 1. The van der Waals surface area contributed by atoms with E-state index in [0.717, 1.165) is 12.1 Å². The van der Waals surface area contributed by atoms with Crippen LogP contribution in [0.3, 0.4) is 0 Å². The third-order valence-corrected chi connectivity index (χ3v) is 5.60. The summed E-state index contributed by atoms with van der Waals surface area (Å²) in [4.78, 5) is 22.1. The van der Waals surface area contributed by atoms with Crippen LogP contribution in [0.1, 0.15) is 22.3 Å². The number of halogens is 1. The molecule has 0 atom stereocenters. The summed E-state index contributed by atoms with van der Waals surface area (Å²) >= 11 is 0. The third-order valence-electron chi connectivity index (χ3n) is 3.83. The summed E-state index contributed by atoms with van der Waals surface area (Å²) in [5.74, 6) is -1.44. The zero-order chi connectivity index (χ0) is 18.9. The van der Waals surface area contributed by atoms with E-state index in [1.807, 2.05) is 0 Å². The van der Waals surface area contributed by atoms with Crippen LogP contribution in [0.2, 0.25) is 0 Å². The molecule has 0 aliphatic carbocycles. The number of hydrogen-bond acceptors (Lipinski definition) is 6. The molecule has 0 bridgehead atoms. The van der Waals surface area contributed by atoms with Gasteiger partial charge in [-0.05, 0) is 30.3 Å². The van der Waals surface area contributed by atoms with E-state index in [-0.39, 0.29) is 39.6 Å². The van der Waals surface area contributed by atoms with Crippen LogP contribution < -0.4 is 5.43 Å². The summed E-state index contributed by atoms with van der Waals surface area (Å²) in [6.45, 7) is 0. The number of fused-ring (bicyclic) bond motifs is 1. The lowest BCUT2D eigenvalue weighted by Crippen LogP contribution is -2.26. The average molecular weight is 377 g/mol. The van der Waals surface area contributed by atoms with Gasteiger partial charge in [0.05, 0.1) is 21.3 Å². The molecule has 0 saturated carbocycles. The zero-order valence-corrected chi connectivity index (χ0v) is 14.0. The Morgan fingerprint density at radius 2 is 1.88 bits per heavy atom. The lowest BCUT2D eigenvalue weighted by molar-refractivity contribution is -0.384. The van der Waals surface area contributed by atoms with Crippen molar-refractivity contribution in [2.45, 2.75) is 11.3 Å². The second-order valence-corrected chi connectivity index (χ2v) is 7.59. The van der Waals surface area contributed by atoms with Crippen LogP contribution in [0.5, 0.6) is 0 Å². The molecule has 8 nitrogen and oxygen atoms in total. The minimum atomic E-state index is -3.52. The monoisotopic (exact) mass is 377 g/mol. The first kappa shape index (κ1) is 17.7. The van der Waals surface area contributed by atoms with Gasteiger partial charge in [0.25, 0.3) is 11.6 Å². The molecule has 0 fully saturated rings. The molecule has 0 spiro atoms. The Morgan fingerprint density at radius 1 is 1.19 bits per heavy atom. The number of amides is 1. The lowest BCUT2D eigenvalue weighted by atomic mass is 10.1. The van der Waals surface area contributed by atoms with Crippen LogP contribution in [0.4, 0.5) is 10.1 Å². The van der Waals surface area contributed by atoms with E-state index in [0.29, 0.717) is 0 Å². The number of hydrazone groups is 1. The van der Waals surface area contributed by atoms with Gasteiger partial charge in [0.15, 0.2) is 9.84 Å². The molecule has 2 aromatic rings. The normalized spacial score (nSPS) is 16.7. The van der Waals surface area contributed by atoms with Crippen molar-refractivity contribution in [1.82, 2.24) is 5.43 Å². The first-order valence-corrected chi connectivity index (χ1v) is 9.07. The Balaban J connectivity index is 1.86. The van der Waals surface area contributed by atoms with E-state index in [4.69, 9.17) is 0 Å². The highest BCUT2D eigenvalue weighted by molar-refractivity contribution is 7.91. The maximum absolute atomic E-state index is 13.5. The standard InChI is InChI=1S/C16H12FN3O5S/c17-11-3-6-15-13(9-11)14(7-8-26(15,24)25)18-19-16(21)10-1-4-12(5-2-10)20(22)23/h1-6,9H,7-8H2,(H,19,21)/b18-14-. The van der Waals surface area contributed by atoms with Crippen molar-refractivity contribution in [3.05, 3.63) is 69.5 Å². The van der Waals surface area contributed by atoms with Gasteiger partial charge in [-0.15, -0.1) is 0 Å². The van der Waals surface area contributed by atoms with Crippen molar-refractivity contribution in [1.29, 1.82) is 0 Å². The minimum absolute atomic E-state index is 0.0271. The van der Waals surface area contributed by atoms with E-state index in [9.17, 15) is 27.7 Å². The topological polar surface area (TPSA) is 119 Å². The van der Waals surface area contributed by atoms with Gasteiger partial charge in [-0.2, -0.15) is 5.10 Å². The largest absolute Gasteiger partial charge is 0.271 e. The molecule has 3 rings (SSSR count). The Labute approximate surface area is 147 Å². The van der Waals surface area contributed by atoms with E-state index >= 15 is 0 Å². The Morgan fingerprint density at radius 3 is 2.54 bits per heavy atom. The highest BCUT2D eigenvalue weighted by Crippen LogP contribution is 2.26. The fourth-order valence-corrected chi connectivity index (χ4v) is 3.98. The molecule has 1 aliphatic rings. The van der Waals surface area contributed by atoms with Crippen molar-refractivity contribution >= 4 is 27.1 Å². The number of carbonyl (C=O) groups is 1. The molecule has 1 aliphatic heterocycles. The van der Waals surface area contributed by atoms with Crippen molar-refractivity contribution in [3.63, 3.8) is 0 Å². The molecule has 134 valence electrons. The number of benzene rings is 2. The molecule has 26 heavy (non-hydrogen) atoms. The number of nitrogens with zero attached hydrogens (tertiary/aromatic N) is 2. The molecule has 2 aromatic carbocycles. The Bertz CT molecular complexity index is 1030. The average Bonchev–Trinajstić information content (AvgIpc) is 2.60. The quantitative estimate of drug-likeness (QED) is 0.499. The van der Waals surface area contributed by atoms with E-state index in [1.165, 1.54) is 30.3 Å². The number of rotatable bonds is 3. The summed E-state index contributed by atoms with van der Waals surface area (Å²) in [7, 11) is -3.52. The highest BCUT2D eigenvalue weighted by atomic mass is 32.2. The van der Waals surface area contributed by atoms with Gasteiger partial charge in [-0.3, -0.25) is 14.9 Å². The van der Waals surface area contributed by atoms with Crippen molar-refractivity contribution in [3.8, 4) is 0 Å². The summed E-state index contributed by atoms with van der Waals surface area (Å²) < 4.78 is 37.6. The third kappa shape index (κ3) is 3.45. The van der Waals surface area contributed by atoms with Gasteiger partial charge in [0.1, 0.15) is 5.82 Å². The van der Waals surface area contributed by atoms with Crippen molar-refractivity contribution in [2.24, 2.45) is 5.10 Å². The van der Waals surface area contributed by atoms with Crippen LogP contribution >= 0.6 is 0 Å². The van der Waals surface area contributed by atoms with Gasteiger partial charge >= 0.3 is 0 Å². The predicted octanol–water partition coefficient (Wildman–Crippen LogP) is 2.05. The predicted molar refractivity (Wildman–Crippen MR) is 90.2 cm³/mol. The zero-order valence-electron chi connectivity index (χ0n) is 13.2. The van der Waals surface area contributed by atoms with Crippen LogP contribution in [0.25, 0.3) is 0 Å². The summed E-state index contributed by atoms with van der Waals surface area (Å²) in [5, 5.41) is 14.5. The lowest BCUT2D eigenvalue weighted by Gasteiger charge is -2.18. The molecule has 1 N–H and O–H groups in total. The van der Waals surface area contributed by atoms with E-state index in [1.54, 1.807) is 0 Å². The van der Waals surface area contributed by atoms with Gasteiger partial charge in [-0.25, -0.2) is 18.2 Å². The van der Waals surface area contributed by atoms with Gasteiger partial charge in [0, 0.05) is 29.7 Å². The molecule has 0 saturated heterocycles. The first-order valence-electron chi connectivity index (χ1n) is 7.42. The number of nitro groups is 1. The maximum atomic E-state index is 13.5. The fourth-order valence-electron chi connectivity index (χ4n) is 2.51. The minimum Gasteiger partial charge on any atom is -0.267 e. The van der Waals surface area contributed by atoms with Gasteiger partial charge < -0.3 is 0 Å². The van der Waals surface area contributed by atoms with Crippen molar-refractivity contribution < 1.29 is 22.5 Å². The van der Waals surface area contributed by atoms with Crippen LogP contribution in [0, 0.1) is 15.9 Å². The molecule has 10 heteroatoms. The molecular weight excluding hydrogens is 365 g/mol. The molecule has 1 heterocycles. The Hall–Kier alpha value is -3.14. The molecule has 1 amide bonds. The SMILES string of the molecule is O=C(N/N=C1/CCS(=O)(=O)c2ccc(F)cc21)c1ccc([N+](=O)[O-])cc1. The Kier molecular flexibility index (Phi) is 4.51. The summed E-state index contributed by atoms with van der Waals surface area (Å²) in [6.07, 6.45) is 0.0271. The first-order chi connectivity index (χ1) is 12.3. The smallest absolute Gasteiger partial charge is 0.267 e. The van der Waals surface area contributed by atoms with Gasteiger partial charge in [0.2, 0.25) is 0 Å². The van der Waals surface area contributed by atoms with Gasteiger partial charge in [-0.1, -0.05) is 0 Å². The molecular formula is C16H12FN3O5S. The van der Waals surface area contributed by atoms with Crippen LogP contribution in [-0.2, 0) is 9.84 Å². The van der Waals surface area contributed by atoms with Crippen LogP contribution in [-0.4, -0.2) is 30.7 Å². The molecule has 0 aromatic heterocycles. The second kappa shape index (κ2) is 6.64. The number of sulfone groups is 1. The molecule has 0 radical (unpaired) electrons. The number of non-ortho nitro benzene ring substituents is 1. The van der Waals surface area contributed by atoms with Crippen LogP contribution in [0.15, 0.2) is 52.5 Å². The summed E-state index contributed by atoms with van der Waals surface area (Å²) in [5.41, 5.74) is 2.60. The maximum Gasteiger partial charge on any atom is 0.271 e. The molecule has 0 unspecified atom stereocenters. The number of nitro benzene ring substituents is 1. The second-order valence-electron chi connectivity index (χ2n) is 5.51. The van der Waals surface area contributed by atoms with E-state index in [2.05, 4.69) is 10.5 Å². The van der Waals surface area contributed by atoms with Crippen molar-refractivity contribution in [2.75, 3.05) is 5.75 Å². The highest BCUT2D eigenvalue weighted by Gasteiger charge is 2.28.